The summed E-state index contributed by atoms with van der Waals surface area (Å²) in [6.07, 6.45) is 16.3. The maximum atomic E-state index is 5.54. The second-order valence-corrected chi connectivity index (χ2v) is 20.6. The van der Waals surface area contributed by atoms with Gasteiger partial charge in [0.1, 0.15) is 0 Å². The van der Waals surface area contributed by atoms with Gasteiger partial charge in [-0.05, 0) is 176 Å². The Balaban J connectivity index is 1.04. The summed E-state index contributed by atoms with van der Waals surface area (Å²) in [5.41, 5.74) is 22.9. The van der Waals surface area contributed by atoms with Crippen molar-refractivity contribution in [2.75, 3.05) is 0 Å². The van der Waals surface area contributed by atoms with E-state index in [1.54, 1.807) is 0 Å². The number of fused-ring (bicyclic) bond motifs is 16. The molecule has 0 saturated carbocycles. The topological polar surface area (TPSA) is 43.6 Å². The molecule has 1 unspecified atom stereocenters. The van der Waals surface area contributed by atoms with E-state index < -0.39 is 5.41 Å². The highest BCUT2D eigenvalue weighted by Crippen LogP contribution is 2.56. The van der Waals surface area contributed by atoms with Crippen LogP contribution in [0.5, 0.6) is 0 Å². The minimum absolute atomic E-state index is 0.548. The standard InChI is InChI=1S/C73H52N4/c1-4-5-33-63-47(2)73(3)62-32-16-15-27-53(44-62)61-42-58(50-25-13-8-14-26-50)41-60(43-61)52-29-20-31-55(37-52)71-74-70(75-72(76-71)77-68-35-18-17-34-64(68)66-45-65(63)67(73)46-69(66)77)54-30-19-28-51(36-54)59-39-56(48-21-9-6-10-22-48)38-57(40-59)49-23-11-7-12-24-49/h4-43,45-46H,2,44H2,1,3H3/b5-4-,63-33+. The predicted octanol–water partition coefficient (Wildman–Crippen LogP) is 18.7. The van der Waals surface area contributed by atoms with Crippen molar-refractivity contribution in [3.05, 3.63) is 289 Å². The molecule has 3 heterocycles. The molecule has 4 nitrogen and oxygen atoms in total. The molecule has 0 amide bonds. The fraction of sp³-hybridized carbons (Fsp3) is 0.0548. The van der Waals surface area contributed by atoms with Crippen LogP contribution in [0.2, 0.25) is 0 Å². The van der Waals surface area contributed by atoms with Gasteiger partial charge >= 0.3 is 0 Å². The summed E-state index contributed by atoms with van der Waals surface area (Å²) < 4.78 is 2.26. The molecule has 364 valence electrons. The summed E-state index contributed by atoms with van der Waals surface area (Å²) >= 11 is 0. The van der Waals surface area contributed by atoms with Crippen molar-refractivity contribution in [2.45, 2.75) is 25.7 Å². The first kappa shape index (κ1) is 45.8. The van der Waals surface area contributed by atoms with E-state index in [2.05, 4.69) is 273 Å². The molecule has 2 aromatic heterocycles. The van der Waals surface area contributed by atoms with E-state index >= 15 is 0 Å². The summed E-state index contributed by atoms with van der Waals surface area (Å²) in [4.78, 5) is 16.5. The Hall–Kier alpha value is -9.77. The Morgan fingerprint density at radius 1 is 0.455 bits per heavy atom. The zero-order valence-corrected chi connectivity index (χ0v) is 43.0. The molecule has 0 saturated heterocycles. The monoisotopic (exact) mass is 984 g/mol. The average Bonchev–Trinajstić information content (AvgIpc) is 4.03. The van der Waals surface area contributed by atoms with Crippen LogP contribution in [0.25, 0.3) is 117 Å². The summed E-state index contributed by atoms with van der Waals surface area (Å²) in [6, 6.07) is 76.7. The number of aromatic nitrogens is 4. The average molecular weight is 985 g/mol. The van der Waals surface area contributed by atoms with Crippen LogP contribution in [0.1, 0.15) is 37.0 Å². The van der Waals surface area contributed by atoms with E-state index in [0.717, 1.165) is 106 Å². The Morgan fingerprint density at radius 3 is 1.51 bits per heavy atom. The molecule has 77 heavy (non-hydrogen) atoms. The lowest BCUT2D eigenvalue weighted by molar-refractivity contribution is 0.683. The van der Waals surface area contributed by atoms with E-state index in [-0.39, 0.29) is 0 Å². The maximum absolute atomic E-state index is 5.54. The van der Waals surface area contributed by atoms with Gasteiger partial charge in [-0.15, -0.1) is 0 Å². The van der Waals surface area contributed by atoms with Crippen molar-refractivity contribution in [2.24, 2.45) is 0 Å². The number of para-hydroxylation sites is 1. The summed E-state index contributed by atoms with van der Waals surface area (Å²) in [7, 11) is 0. The van der Waals surface area contributed by atoms with Gasteiger partial charge in [0, 0.05) is 27.3 Å². The normalized spacial score (nSPS) is 16.0. The fourth-order valence-electron chi connectivity index (χ4n) is 12.0. The second-order valence-electron chi connectivity index (χ2n) is 20.6. The molecule has 10 bridgehead atoms. The lowest BCUT2D eigenvalue weighted by atomic mass is 9.71. The molecular weight excluding hydrogens is 933 g/mol. The zero-order chi connectivity index (χ0) is 51.6. The molecule has 0 radical (unpaired) electrons. The Morgan fingerprint density at radius 2 is 0.935 bits per heavy atom. The number of benzene rings is 9. The highest BCUT2D eigenvalue weighted by Gasteiger charge is 2.44. The van der Waals surface area contributed by atoms with Gasteiger partial charge in [-0.25, -0.2) is 4.98 Å². The van der Waals surface area contributed by atoms with Gasteiger partial charge in [0.05, 0.1) is 11.0 Å². The van der Waals surface area contributed by atoms with E-state index in [1.807, 2.05) is 0 Å². The van der Waals surface area contributed by atoms with Gasteiger partial charge in [-0.3, -0.25) is 4.57 Å². The van der Waals surface area contributed by atoms with Crippen LogP contribution in [0.3, 0.4) is 0 Å². The maximum Gasteiger partial charge on any atom is 0.238 e. The zero-order valence-electron chi connectivity index (χ0n) is 43.0. The van der Waals surface area contributed by atoms with Crippen LogP contribution < -0.4 is 0 Å². The van der Waals surface area contributed by atoms with Crippen LogP contribution in [-0.4, -0.2) is 19.5 Å². The van der Waals surface area contributed by atoms with Crippen molar-refractivity contribution in [3.8, 4) is 84.4 Å². The lowest BCUT2D eigenvalue weighted by Crippen LogP contribution is -2.24. The van der Waals surface area contributed by atoms with E-state index in [4.69, 9.17) is 21.5 Å². The molecule has 11 aromatic rings. The lowest BCUT2D eigenvalue weighted by Gasteiger charge is -2.31. The SMILES string of the molecule is C=C1/C(=C\C=C/C)c2cc3c4ccccc4n4c3cc2C1(C)C1=CC=CC=C(C1)c1cc(-c2ccccc2)cc(c1)-c1cccc(c1)-c1nc(-c2cccc(-c3cc(-c5ccccc5)cc(-c5ccccc5)c3)c2)nc-4n1. The Labute approximate surface area is 449 Å². The summed E-state index contributed by atoms with van der Waals surface area (Å²) in [6.45, 7) is 9.43. The van der Waals surface area contributed by atoms with Gasteiger partial charge in [0.2, 0.25) is 5.95 Å². The molecule has 1 aliphatic heterocycles. The first-order valence-electron chi connectivity index (χ1n) is 26.5. The largest absolute Gasteiger partial charge is 0.278 e. The molecule has 3 aliphatic rings. The van der Waals surface area contributed by atoms with Crippen LogP contribution in [0.4, 0.5) is 0 Å². The van der Waals surface area contributed by atoms with Gasteiger partial charge in [-0.1, -0.05) is 200 Å². The van der Waals surface area contributed by atoms with E-state index in [9.17, 15) is 0 Å². The van der Waals surface area contributed by atoms with Crippen LogP contribution in [0, 0.1) is 0 Å². The molecule has 0 spiro atoms. The third-order valence-corrected chi connectivity index (χ3v) is 16.0. The fourth-order valence-corrected chi connectivity index (χ4v) is 12.0. The Bertz CT molecular complexity index is 4320. The Kier molecular flexibility index (Phi) is 11.0. The van der Waals surface area contributed by atoms with Crippen molar-refractivity contribution in [3.63, 3.8) is 0 Å². The quantitative estimate of drug-likeness (QED) is 0.167. The first-order valence-corrected chi connectivity index (χ1v) is 26.5. The molecule has 0 N–H and O–H groups in total. The van der Waals surface area contributed by atoms with Gasteiger partial charge in [0.15, 0.2) is 11.6 Å². The number of hydrogen-bond donors (Lipinski definition) is 0. The van der Waals surface area contributed by atoms with E-state index in [1.165, 1.54) is 27.8 Å². The number of hydrogen-bond acceptors (Lipinski definition) is 3. The van der Waals surface area contributed by atoms with Gasteiger partial charge < -0.3 is 0 Å². The number of rotatable bonds is 6. The first-order chi connectivity index (χ1) is 37.9. The molecule has 4 heteroatoms. The van der Waals surface area contributed by atoms with Crippen molar-refractivity contribution < 1.29 is 0 Å². The summed E-state index contributed by atoms with van der Waals surface area (Å²) in [5.74, 6) is 1.72. The summed E-state index contributed by atoms with van der Waals surface area (Å²) in [5, 5.41) is 2.25. The van der Waals surface area contributed by atoms with Crippen LogP contribution >= 0.6 is 0 Å². The third-order valence-electron chi connectivity index (χ3n) is 16.0. The van der Waals surface area contributed by atoms with Crippen LogP contribution in [-0.2, 0) is 5.41 Å². The van der Waals surface area contributed by atoms with Crippen molar-refractivity contribution in [1.82, 2.24) is 19.5 Å². The molecular formula is C73H52N4. The van der Waals surface area contributed by atoms with E-state index in [0.29, 0.717) is 17.6 Å². The predicted molar refractivity (Wildman–Crippen MR) is 321 cm³/mol. The molecule has 9 aromatic carbocycles. The molecule has 1 atom stereocenters. The smallest absolute Gasteiger partial charge is 0.238 e. The number of nitrogens with zero attached hydrogens (tertiary/aromatic N) is 4. The molecule has 0 fully saturated rings. The second kappa shape index (κ2) is 18.6. The van der Waals surface area contributed by atoms with Gasteiger partial charge in [-0.2, -0.15) is 9.97 Å². The molecule has 14 rings (SSSR count). The van der Waals surface area contributed by atoms with Crippen LogP contribution in [0.15, 0.2) is 273 Å². The number of allylic oxidation sites excluding steroid dienone is 11. The van der Waals surface area contributed by atoms with Crippen molar-refractivity contribution >= 4 is 33.0 Å². The van der Waals surface area contributed by atoms with Gasteiger partial charge in [0.25, 0.3) is 0 Å². The minimum Gasteiger partial charge on any atom is -0.278 e. The van der Waals surface area contributed by atoms with Crippen molar-refractivity contribution in [1.29, 1.82) is 0 Å². The minimum atomic E-state index is -0.555. The third kappa shape index (κ3) is 7.88. The highest BCUT2D eigenvalue weighted by molar-refractivity contribution is 6.12. The highest BCUT2D eigenvalue weighted by atomic mass is 15.2. The molecule has 2 aliphatic carbocycles.